The summed E-state index contributed by atoms with van der Waals surface area (Å²) in [5.41, 5.74) is 0. The first-order valence-electron chi connectivity index (χ1n) is 6.78. The van der Waals surface area contributed by atoms with Crippen LogP contribution in [-0.4, -0.2) is 36.6 Å². The van der Waals surface area contributed by atoms with Crippen LogP contribution >= 0.6 is 11.8 Å². The van der Waals surface area contributed by atoms with Crippen LogP contribution in [0.2, 0.25) is 0 Å². The highest BCUT2D eigenvalue weighted by molar-refractivity contribution is 7.99. The van der Waals surface area contributed by atoms with Gasteiger partial charge in [0.15, 0.2) is 5.96 Å². The van der Waals surface area contributed by atoms with E-state index in [0.29, 0.717) is 6.54 Å². The van der Waals surface area contributed by atoms with Gasteiger partial charge in [-0.15, -0.1) is 6.58 Å². The van der Waals surface area contributed by atoms with E-state index in [4.69, 9.17) is 4.42 Å². The summed E-state index contributed by atoms with van der Waals surface area (Å²) in [6.45, 7) is 10.3. The standard InChI is InChI=1S/C15H25N3OS/c1-5-9-16-14(18-12-15(2,3)20-4)17-10-8-13-7-6-11-19-13/h5-7,11H,1,8-10,12H2,2-4H3,(H2,16,17,18). The number of rotatable bonds is 8. The van der Waals surface area contributed by atoms with Gasteiger partial charge in [0.1, 0.15) is 5.76 Å². The summed E-state index contributed by atoms with van der Waals surface area (Å²) in [5, 5.41) is 6.54. The van der Waals surface area contributed by atoms with E-state index in [2.05, 4.69) is 42.3 Å². The third-order valence-corrected chi connectivity index (χ3v) is 4.06. The second-order valence-electron chi connectivity index (χ2n) is 5.05. The molecule has 0 aliphatic heterocycles. The zero-order valence-electron chi connectivity index (χ0n) is 12.6. The highest BCUT2D eigenvalue weighted by Gasteiger charge is 2.15. The van der Waals surface area contributed by atoms with Crippen molar-refractivity contribution in [2.75, 3.05) is 25.9 Å². The lowest BCUT2D eigenvalue weighted by atomic mass is 10.2. The lowest BCUT2D eigenvalue weighted by Gasteiger charge is -2.20. The Morgan fingerprint density at radius 3 is 2.90 bits per heavy atom. The molecule has 0 spiro atoms. The summed E-state index contributed by atoms with van der Waals surface area (Å²) in [5.74, 6) is 1.79. The van der Waals surface area contributed by atoms with Crippen molar-refractivity contribution in [1.29, 1.82) is 0 Å². The van der Waals surface area contributed by atoms with Crippen molar-refractivity contribution in [2.45, 2.75) is 25.0 Å². The van der Waals surface area contributed by atoms with Crippen molar-refractivity contribution in [3.8, 4) is 0 Å². The van der Waals surface area contributed by atoms with Gasteiger partial charge in [-0.05, 0) is 32.2 Å². The number of aliphatic imine (C=N–C) groups is 1. The molecular weight excluding hydrogens is 270 g/mol. The zero-order chi connectivity index (χ0) is 14.8. The Hall–Kier alpha value is -1.36. The number of furan rings is 1. The zero-order valence-corrected chi connectivity index (χ0v) is 13.4. The molecule has 1 heterocycles. The summed E-state index contributed by atoms with van der Waals surface area (Å²) in [7, 11) is 0. The van der Waals surface area contributed by atoms with Crippen LogP contribution in [0.1, 0.15) is 19.6 Å². The van der Waals surface area contributed by atoms with Crippen LogP contribution in [0.15, 0.2) is 40.5 Å². The van der Waals surface area contributed by atoms with E-state index in [1.807, 2.05) is 30.0 Å². The smallest absolute Gasteiger partial charge is 0.191 e. The molecule has 1 aromatic heterocycles. The van der Waals surface area contributed by atoms with Gasteiger partial charge in [0.2, 0.25) is 0 Å². The van der Waals surface area contributed by atoms with Gasteiger partial charge in [-0.25, -0.2) is 0 Å². The van der Waals surface area contributed by atoms with E-state index >= 15 is 0 Å². The maximum atomic E-state index is 5.31. The monoisotopic (exact) mass is 295 g/mol. The molecule has 0 aliphatic rings. The fourth-order valence-corrected chi connectivity index (χ4v) is 1.63. The Kier molecular flexibility index (Phi) is 7.30. The van der Waals surface area contributed by atoms with Crippen molar-refractivity contribution in [2.24, 2.45) is 4.99 Å². The molecule has 0 fully saturated rings. The number of hydrogen-bond acceptors (Lipinski definition) is 3. The van der Waals surface area contributed by atoms with Crippen molar-refractivity contribution >= 4 is 17.7 Å². The van der Waals surface area contributed by atoms with Crippen LogP contribution < -0.4 is 10.6 Å². The summed E-state index contributed by atoms with van der Waals surface area (Å²) in [6, 6.07) is 3.88. The van der Waals surface area contributed by atoms with Crippen LogP contribution in [0.4, 0.5) is 0 Å². The number of nitrogens with one attached hydrogen (secondary N) is 2. The van der Waals surface area contributed by atoms with E-state index in [-0.39, 0.29) is 4.75 Å². The van der Waals surface area contributed by atoms with Gasteiger partial charge >= 0.3 is 0 Å². The average Bonchev–Trinajstić information content (AvgIpc) is 2.94. The van der Waals surface area contributed by atoms with Crippen LogP contribution in [0.5, 0.6) is 0 Å². The molecule has 0 bridgehead atoms. The summed E-state index contributed by atoms with van der Waals surface area (Å²) in [4.78, 5) is 4.62. The first-order chi connectivity index (χ1) is 9.57. The average molecular weight is 295 g/mol. The SMILES string of the molecule is C=CCNC(=NCC(C)(C)SC)NCCc1ccco1. The largest absolute Gasteiger partial charge is 0.469 e. The fourth-order valence-electron chi connectivity index (χ4n) is 1.44. The van der Waals surface area contributed by atoms with Crippen molar-refractivity contribution < 1.29 is 4.42 Å². The third-order valence-electron chi connectivity index (χ3n) is 2.83. The second-order valence-corrected chi connectivity index (χ2v) is 6.57. The lowest BCUT2D eigenvalue weighted by molar-refractivity contribution is 0.507. The predicted molar refractivity (Wildman–Crippen MR) is 88.5 cm³/mol. The lowest BCUT2D eigenvalue weighted by Crippen LogP contribution is -2.39. The number of guanidine groups is 1. The Morgan fingerprint density at radius 1 is 1.50 bits per heavy atom. The molecule has 0 unspecified atom stereocenters. The van der Waals surface area contributed by atoms with E-state index in [1.54, 1.807) is 6.26 Å². The summed E-state index contributed by atoms with van der Waals surface area (Å²) in [6.07, 6.45) is 6.47. The molecule has 0 atom stereocenters. The Balaban J connectivity index is 2.45. The molecule has 1 aromatic rings. The Labute approximate surface area is 126 Å². The van der Waals surface area contributed by atoms with Gasteiger partial charge in [0, 0.05) is 24.3 Å². The molecule has 112 valence electrons. The van der Waals surface area contributed by atoms with Gasteiger partial charge in [-0.2, -0.15) is 11.8 Å². The van der Waals surface area contributed by atoms with Crippen LogP contribution in [-0.2, 0) is 6.42 Å². The van der Waals surface area contributed by atoms with E-state index in [9.17, 15) is 0 Å². The maximum Gasteiger partial charge on any atom is 0.191 e. The molecule has 4 nitrogen and oxygen atoms in total. The first-order valence-corrected chi connectivity index (χ1v) is 8.00. The minimum absolute atomic E-state index is 0.143. The Morgan fingerprint density at radius 2 is 2.30 bits per heavy atom. The number of nitrogens with zero attached hydrogens (tertiary/aromatic N) is 1. The van der Waals surface area contributed by atoms with Crippen LogP contribution in [0.3, 0.4) is 0 Å². The van der Waals surface area contributed by atoms with Crippen molar-refractivity contribution in [1.82, 2.24) is 10.6 Å². The minimum Gasteiger partial charge on any atom is -0.469 e. The van der Waals surface area contributed by atoms with Crippen LogP contribution in [0, 0.1) is 0 Å². The maximum absolute atomic E-state index is 5.31. The molecule has 0 radical (unpaired) electrons. The van der Waals surface area contributed by atoms with Gasteiger partial charge in [-0.3, -0.25) is 4.99 Å². The fraction of sp³-hybridized carbons (Fsp3) is 0.533. The van der Waals surface area contributed by atoms with Crippen LogP contribution in [0.25, 0.3) is 0 Å². The second kappa shape index (κ2) is 8.74. The van der Waals surface area contributed by atoms with Gasteiger partial charge in [0.05, 0.1) is 12.8 Å². The molecule has 0 saturated carbocycles. The molecule has 20 heavy (non-hydrogen) atoms. The normalized spacial score (nSPS) is 12.2. The highest BCUT2D eigenvalue weighted by Crippen LogP contribution is 2.20. The topological polar surface area (TPSA) is 49.6 Å². The number of thioether (sulfide) groups is 1. The molecule has 0 aliphatic carbocycles. The molecule has 5 heteroatoms. The molecule has 0 aromatic carbocycles. The van der Waals surface area contributed by atoms with Crippen molar-refractivity contribution in [3.63, 3.8) is 0 Å². The predicted octanol–water partition coefficient (Wildman–Crippen LogP) is 2.68. The van der Waals surface area contributed by atoms with Gasteiger partial charge in [-0.1, -0.05) is 6.08 Å². The summed E-state index contributed by atoms with van der Waals surface area (Å²) < 4.78 is 5.45. The molecule has 0 saturated heterocycles. The molecular formula is C15H25N3OS. The summed E-state index contributed by atoms with van der Waals surface area (Å²) >= 11 is 1.82. The first kappa shape index (κ1) is 16.7. The van der Waals surface area contributed by atoms with Gasteiger partial charge < -0.3 is 15.1 Å². The van der Waals surface area contributed by atoms with Crippen molar-refractivity contribution in [3.05, 3.63) is 36.8 Å². The van der Waals surface area contributed by atoms with E-state index in [1.165, 1.54) is 0 Å². The van der Waals surface area contributed by atoms with E-state index in [0.717, 1.165) is 31.2 Å². The Bertz CT molecular complexity index is 413. The highest BCUT2D eigenvalue weighted by atomic mass is 32.2. The third kappa shape index (κ3) is 6.70. The minimum atomic E-state index is 0.143. The molecule has 0 amide bonds. The quantitative estimate of drug-likeness (QED) is 0.440. The molecule has 1 rings (SSSR count). The number of hydrogen-bond donors (Lipinski definition) is 2. The van der Waals surface area contributed by atoms with E-state index < -0.39 is 0 Å². The van der Waals surface area contributed by atoms with Gasteiger partial charge in [0.25, 0.3) is 0 Å². The molecule has 2 N–H and O–H groups in total.